The Morgan fingerprint density at radius 3 is 1.86 bits per heavy atom. The van der Waals surface area contributed by atoms with E-state index in [0.717, 1.165) is 6.42 Å². The molecule has 0 spiro atoms. The summed E-state index contributed by atoms with van der Waals surface area (Å²) >= 11 is 0. The van der Waals surface area contributed by atoms with Gasteiger partial charge in [0.05, 0.1) is 12.3 Å². The summed E-state index contributed by atoms with van der Waals surface area (Å²) in [5, 5.41) is 19.2. The molecule has 0 radical (unpaired) electrons. The highest BCUT2D eigenvalue weighted by atomic mass is 16.3. The SMILES string of the molecule is CNC(CC(NC(C)C)C(C)O)NC. The van der Waals surface area contributed by atoms with Gasteiger partial charge < -0.3 is 21.1 Å². The first-order valence-corrected chi connectivity index (χ1v) is 5.29. The van der Waals surface area contributed by atoms with Crippen LogP contribution in [-0.4, -0.2) is 43.6 Å². The van der Waals surface area contributed by atoms with Gasteiger partial charge in [0.1, 0.15) is 0 Å². The molecule has 14 heavy (non-hydrogen) atoms. The highest BCUT2D eigenvalue weighted by Gasteiger charge is 2.19. The molecule has 86 valence electrons. The molecular formula is C10H25N3O. The molecule has 0 aliphatic heterocycles. The molecular weight excluding hydrogens is 178 g/mol. The third-order valence-electron chi connectivity index (χ3n) is 2.32. The zero-order valence-electron chi connectivity index (χ0n) is 9.96. The Morgan fingerprint density at radius 1 is 1.07 bits per heavy atom. The lowest BCUT2D eigenvalue weighted by Gasteiger charge is -2.27. The fraction of sp³-hybridized carbons (Fsp3) is 1.00. The number of hydrogen-bond acceptors (Lipinski definition) is 4. The minimum atomic E-state index is -0.332. The van der Waals surface area contributed by atoms with E-state index in [2.05, 4.69) is 29.8 Å². The van der Waals surface area contributed by atoms with Crippen molar-refractivity contribution in [2.45, 2.75) is 51.5 Å². The molecule has 4 heteroatoms. The molecule has 0 aromatic carbocycles. The standard InChI is InChI=1S/C10H25N3O/c1-7(2)13-9(8(3)14)6-10(11-4)12-5/h7-14H,6H2,1-5H3. The maximum atomic E-state index is 9.58. The Bertz CT molecular complexity index is 135. The van der Waals surface area contributed by atoms with E-state index < -0.39 is 0 Å². The van der Waals surface area contributed by atoms with Crippen molar-refractivity contribution in [2.24, 2.45) is 0 Å². The van der Waals surface area contributed by atoms with Crippen molar-refractivity contribution >= 4 is 0 Å². The monoisotopic (exact) mass is 203 g/mol. The predicted molar refractivity (Wildman–Crippen MR) is 60.3 cm³/mol. The second-order valence-electron chi connectivity index (χ2n) is 4.03. The van der Waals surface area contributed by atoms with Gasteiger partial charge in [-0.05, 0) is 27.4 Å². The third-order valence-corrected chi connectivity index (χ3v) is 2.32. The Balaban J connectivity index is 4.07. The van der Waals surface area contributed by atoms with E-state index in [0.29, 0.717) is 6.04 Å². The summed E-state index contributed by atoms with van der Waals surface area (Å²) in [6, 6.07) is 0.517. The molecule has 0 bridgehead atoms. The molecule has 0 rings (SSSR count). The molecule has 0 aliphatic carbocycles. The Labute approximate surface area is 87.5 Å². The smallest absolute Gasteiger partial charge is 0.0666 e. The van der Waals surface area contributed by atoms with Crippen molar-refractivity contribution in [2.75, 3.05) is 14.1 Å². The van der Waals surface area contributed by atoms with E-state index in [-0.39, 0.29) is 18.3 Å². The van der Waals surface area contributed by atoms with E-state index in [4.69, 9.17) is 0 Å². The molecule has 4 nitrogen and oxygen atoms in total. The molecule has 0 saturated heterocycles. The summed E-state index contributed by atoms with van der Waals surface area (Å²) in [4.78, 5) is 0. The van der Waals surface area contributed by atoms with E-state index in [1.165, 1.54) is 0 Å². The lowest BCUT2D eigenvalue weighted by atomic mass is 10.1. The molecule has 2 atom stereocenters. The topological polar surface area (TPSA) is 56.3 Å². The van der Waals surface area contributed by atoms with Gasteiger partial charge >= 0.3 is 0 Å². The van der Waals surface area contributed by atoms with Gasteiger partial charge in [-0.2, -0.15) is 0 Å². The van der Waals surface area contributed by atoms with Crippen LogP contribution in [0.4, 0.5) is 0 Å². The summed E-state index contributed by atoms with van der Waals surface area (Å²) in [6.45, 7) is 5.99. The second kappa shape index (κ2) is 7.17. The quantitative estimate of drug-likeness (QED) is 0.436. The second-order valence-corrected chi connectivity index (χ2v) is 4.03. The van der Waals surface area contributed by atoms with Crippen LogP contribution in [0.25, 0.3) is 0 Å². The number of rotatable bonds is 7. The van der Waals surface area contributed by atoms with Gasteiger partial charge in [-0.25, -0.2) is 0 Å². The fourth-order valence-electron chi connectivity index (χ4n) is 1.47. The zero-order valence-corrected chi connectivity index (χ0v) is 9.96. The molecule has 0 aliphatic rings. The minimum absolute atomic E-state index is 0.125. The first kappa shape index (κ1) is 13.8. The van der Waals surface area contributed by atoms with Crippen molar-refractivity contribution in [3.8, 4) is 0 Å². The third kappa shape index (κ3) is 5.54. The van der Waals surface area contributed by atoms with Crippen LogP contribution in [0.3, 0.4) is 0 Å². The molecule has 0 aromatic rings. The summed E-state index contributed by atoms with van der Waals surface area (Å²) in [5.41, 5.74) is 0. The number of nitrogens with one attached hydrogen (secondary N) is 3. The largest absolute Gasteiger partial charge is 0.392 e. The average molecular weight is 203 g/mol. The van der Waals surface area contributed by atoms with Gasteiger partial charge in [-0.15, -0.1) is 0 Å². The van der Waals surface area contributed by atoms with E-state index in [9.17, 15) is 5.11 Å². The summed E-state index contributed by atoms with van der Waals surface area (Å²) in [7, 11) is 3.82. The van der Waals surface area contributed by atoms with Crippen molar-refractivity contribution in [1.29, 1.82) is 0 Å². The Hall–Kier alpha value is -0.160. The van der Waals surface area contributed by atoms with Gasteiger partial charge in [0.25, 0.3) is 0 Å². The summed E-state index contributed by atoms with van der Waals surface area (Å²) < 4.78 is 0. The normalized spacial score (nSPS) is 16.3. The van der Waals surface area contributed by atoms with Crippen molar-refractivity contribution in [1.82, 2.24) is 16.0 Å². The molecule has 0 fully saturated rings. The van der Waals surface area contributed by atoms with Crippen molar-refractivity contribution < 1.29 is 5.11 Å². The Kier molecular flexibility index (Phi) is 7.09. The van der Waals surface area contributed by atoms with Gasteiger partial charge in [0.15, 0.2) is 0 Å². The lowest BCUT2D eigenvalue weighted by molar-refractivity contribution is 0.127. The number of hydrogen-bond donors (Lipinski definition) is 4. The molecule has 0 aromatic heterocycles. The molecule has 0 heterocycles. The van der Waals surface area contributed by atoms with Crippen LogP contribution in [0, 0.1) is 0 Å². The van der Waals surface area contributed by atoms with Crippen molar-refractivity contribution in [3.63, 3.8) is 0 Å². The lowest BCUT2D eigenvalue weighted by Crippen LogP contribution is -2.49. The minimum Gasteiger partial charge on any atom is -0.392 e. The van der Waals surface area contributed by atoms with Gasteiger partial charge in [0, 0.05) is 12.1 Å². The predicted octanol–water partition coefficient (Wildman–Crippen LogP) is -0.111. The molecule has 4 N–H and O–H groups in total. The summed E-state index contributed by atoms with van der Waals surface area (Å²) in [6.07, 6.45) is 0.769. The van der Waals surface area contributed by atoms with E-state index in [1.807, 2.05) is 21.0 Å². The van der Waals surface area contributed by atoms with Crippen LogP contribution in [0.1, 0.15) is 27.2 Å². The van der Waals surface area contributed by atoms with Crippen molar-refractivity contribution in [3.05, 3.63) is 0 Å². The Morgan fingerprint density at radius 2 is 1.57 bits per heavy atom. The van der Waals surface area contributed by atoms with Crippen LogP contribution >= 0.6 is 0 Å². The zero-order chi connectivity index (χ0) is 11.1. The maximum absolute atomic E-state index is 9.58. The first-order chi connectivity index (χ1) is 6.51. The molecule has 2 unspecified atom stereocenters. The molecule has 0 saturated carbocycles. The highest BCUT2D eigenvalue weighted by molar-refractivity contribution is 4.78. The average Bonchev–Trinajstić information content (AvgIpc) is 2.11. The van der Waals surface area contributed by atoms with Gasteiger partial charge in [-0.3, -0.25) is 0 Å². The highest BCUT2D eigenvalue weighted by Crippen LogP contribution is 2.02. The van der Waals surface area contributed by atoms with Crippen LogP contribution in [0.5, 0.6) is 0 Å². The van der Waals surface area contributed by atoms with Crippen LogP contribution in [0.15, 0.2) is 0 Å². The van der Waals surface area contributed by atoms with Gasteiger partial charge in [-0.1, -0.05) is 13.8 Å². The first-order valence-electron chi connectivity index (χ1n) is 5.29. The number of aliphatic hydroxyl groups excluding tert-OH is 1. The molecule has 0 amide bonds. The summed E-state index contributed by atoms with van der Waals surface area (Å²) in [5.74, 6) is 0. The van der Waals surface area contributed by atoms with E-state index in [1.54, 1.807) is 0 Å². The van der Waals surface area contributed by atoms with Gasteiger partial charge in [0.2, 0.25) is 0 Å². The van der Waals surface area contributed by atoms with E-state index >= 15 is 0 Å². The van der Waals surface area contributed by atoms with Crippen LogP contribution < -0.4 is 16.0 Å². The number of aliphatic hydroxyl groups is 1. The fourth-order valence-corrected chi connectivity index (χ4v) is 1.47. The van der Waals surface area contributed by atoms with Crippen LogP contribution in [0.2, 0.25) is 0 Å². The van der Waals surface area contributed by atoms with Crippen LogP contribution in [-0.2, 0) is 0 Å². The maximum Gasteiger partial charge on any atom is 0.0666 e.